The van der Waals surface area contributed by atoms with E-state index in [9.17, 15) is 4.79 Å². The van der Waals surface area contributed by atoms with Crippen molar-refractivity contribution in [1.82, 2.24) is 0 Å². The lowest BCUT2D eigenvalue weighted by molar-refractivity contribution is -0.118. The van der Waals surface area contributed by atoms with Crippen molar-refractivity contribution in [3.8, 4) is 0 Å². The van der Waals surface area contributed by atoms with Crippen molar-refractivity contribution in [2.75, 3.05) is 0 Å². The highest BCUT2D eigenvalue weighted by Crippen LogP contribution is 2.12. The van der Waals surface area contributed by atoms with Gasteiger partial charge in [0, 0.05) is 17.9 Å². The second-order valence-electron chi connectivity index (χ2n) is 3.02. The predicted molar refractivity (Wildman–Crippen MR) is 55.1 cm³/mol. The molecule has 13 heavy (non-hydrogen) atoms. The highest BCUT2D eigenvalue weighted by molar-refractivity contribution is 6.30. The first-order valence-electron chi connectivity index (χ1n) is 4.48. The zero-order valence-electron chi connectivity index (χ0n) is 7.72. The Morgan fingerprint density at radius 3 is 2.85 bits per heavy atom. The molecule has 1 aromatic carbocycles. The van der Waals surface area contributed by atoms with Crippen LogP contribution in [-0.4, -0.2) is 5.78 Å². The number of carbonyl (C=O) groups excluding carboxylic acids is 1. The van der Waals surface area contributed by atoms with Gasteiger partial charge in [-0.25, -0.2) is 0 Å². The molecular formula is C11H13ClO. The van der Waals surface area contributed by atoms with Crippen LogP contribution in [-0.2, 0) is 11.2 Å². The molecule has 1 nitrogen and oxygen atoms in total. The van der Waals surface area contributed by atoms with Gasteiger partial charge in [-0.3, -0.25) is 4.79 Å². The smallest absolute Gasteiger partial charge is 0.132 e. The minimum atomic E-state index is 0.306. The van der Waals surface area contributed by atoms with Crippen LogP contribution in [0.4, 0.5) is 0 Å². The van der Waals surface area contributed by atoms with Gasteiger partial charge in [0.05, 0.1) is 0 Å². The lowest BCUT2D eigenvalue weighted by Crippen LogP contribution is -1.97. The summed E-state index contributed by atoms with van der Waals surface area (Å²) in [6, 6.07) is 7.65. The maximum atomic E-state index is 11.0. The maximum absolute atomic E-state index is 11.0. The van der Waals surface area contributed by atoms with Gasteiger partial charge in [0.25, 0.3) is 0 Å². The Balaban J connectivity index is 2.50. The van der Waals surface area contributed by atoms with Crippen molar-refractivity contribution in [3.63, 3.8) is 0 Å². The van der Waals surface area contributed by atoms with Crippen molar-refractivity contribution < 1.29 is 4.79 Å². The Hall–Kier alpha value is -0.820. The molecule has 0 unspecified atom stereocenters. The predicted octanol–water partition coefficient (Wildman–Crippen LogP) is 3.25. The second kappa shape index (κ2) is 5.03. The number of carbonyl (C=O) groups is 1. The molecule has 0 spiro atoms. The van der Waals surface area contributed by atoms with Crippen LogP contribution >= 0.6 is 11.6 Å². The first kappa shape index (κ1) is 10.3. The lowest BCUT2D eigenvalue weighted by atomic mass is 10.1. The fraction of sp³-hybridized carbons (Fsp3) is 0.364. The topological polar surface area (TPSA) is 17.1 Å². The zero-order valence-corrected chi connectivity index (χ0v) is 8.47. The molecule has 1 aromatic rings. The average molecular weight is 197 g/mol. The van der Waals surface area contributed by atoms with Crippen molar-refractivity contribution in [2.45, 2.75) is 26.2 Å². The van der Waals surface area contributed by atoms with E-state index in [4.69, 9.17) is 11.6 Å². The SMILES string of the molecule is CCC(=O)CCc1cccc(Cl)c1. The first-order valence-corrected chi connectivity index (χ1v) is 4.86. The molecule has 0 aliphatic heterocycles. The molecular weight excluding hydrogens is 184 g/mol. The van der Waals surface area contributed by atoms with Gasteiger partial charge < -0.3 is 0 Å². The molecule has 0 fully saturated rings. The minimum Gasteiger partial charge on any atom is -0.300 e. The van der Waals surface area contributed by atoms with Crippen molar-refractivity contribution in [3.05, 3.63) is 34.9 Å². The molecule has 0 N–H and O–H groups in total. The average Bonchev–Trinajstić information content (AvgIpc) is 2.14. The highest BCUT2D eigenvalue weighted by atomic mass is 35.5. The van der Waals surface area contributed by atoms with E-state index in [1.54, 1.807) is 0 Å². The summed E-state index contributed by atoms with van der Waals surface area (Å²) in [6.07, 6.45) is 2.05. The molecule has 0 amide bonds. The van der Waals surface area contributed by atoms with Gasteiger partial charge in [0.15, 0.2) is 0 Å². The van der Waals surface area contributed by atoms with E-state index in [0.29, 0.717) is 18.6 Å². The Morgan fingerprint density at radius 1 is 1.46 bits per heavy atom. The number of ketones is 1. The van der Waals surface area contributed by atoms with Gasteiger partial charge in [-0.15, -0.1) is 0 Å². The van der Waals surface area contributed by atoms with Gasteiger partial charge in [0.2, 0.25) is 0 Å². The molecule has 0 saturated carbocycles. The molecule has 70 valence electrons. The molecule has 0 atom stereocenters. The highest BCUT2D eigenvalue weighted by Gasteiger charge is 1.99. The summed E-state index contributed by atoms with van der Waals surface area (Å²) in [7, 11) is 0. The number of benzene rings is 1. The van der Waals surface area contributed by atoms with E-state index in [-0.39, 0.29) is 0 Å². The van der Waals surface area contributed by atoms with Crippen LogP contribution < -0.4 is 0 Å². The molecule has 0 bridgehead atoms. The Bertz CT molecular complexity index is 294. The van der Waals surface area contributed by atoms with Crippen molar-refractivity contribution >= 4 is 17.4 Å². The third kappa shape index (κ3) is 3.60. The summed E-state index contributed by atoms with van der Waals surface area (Å²) in [5.41, 5.74) is 1.13. The van der Waals surface area contributed by atoms with Gasteiger partial charge in [-0.1, -0.05) is 30.7 Å². The molecule has 0 radical (unpaired) electrons. The molecule has 2 heteroatoms. The Labute approximate surface area is 83.7 Å². The molecule has 0 saturated heterocycles. The van der Waals surface area contributed by atoms with E-state index >= 15 is 0 Å². The van der Waals surface area contributed by atoms with Crippen LogP contribution in [0, 0.1) is 0 Å². The minimum absolute atomic E-state index is 0.306. The van der Waals surface area contributed by atoms with E-state index < -0.39 is 0 Å². The van der Waals surface area contributed by atoms with Gasteiger partial charge in [0.1, 0.15) is 5.78 Å². The van der Waals surface area contributed by atoms with Gasteiger partial charge in [-0.05, 0) is 24.1 Å². The normalized spacial score (nSPS) is 10.0. The summed E-state index contributed by atoms with van der Waals surface area (Å²) in [5, 5.41) is 0.737. The number of Topliss-reactive ketones (excluding diaryl/α,β-unsaturated/α-hetero) is 1. The number of halogens is 1. The number of hydrogen-bond donors (Lipinski definition) is 0. The van der Waals surface area contributed by atoms with Gasteiger partial charge in [-0.2, -0.15) is 0 Å². The van der Waals surface area contributed by atoms with Crippen LogP contribution in [0.15, 0.2) is 24.3 Å². The monoisotopic (exact) mass is 196 g/mol. The third-order valence-corrected chi connectivity index (χ3v) is 2.21. The van der Waals surface area contributed by atoms with E-state index in [0.717, 1.165) is 17.0 Å². The van der Waals surface area contributed by atoms with E-state index in [1.165, 1.54) is 0 Å². The van der Waals surface area contributed by atoms with Crippen LogP contribution in [0.3, 0.4) is 0 Å². The Kier molecular flexibility index (Phi) is 3.97. The molecule has 0 aromatic heterocycles. The van der Waals surface area contributed by atoms with Crippen LogP contribution in [0.25, 0.3) is 0 Å². The van der Waals surface area contributed by atoms with Crippen molar-refractivity contribution in [2.24, 2.45) is 0 Å². The maximum Gasteiger partial charge on any atom is 0.132 e. The molecule has 0 aliphatic carbocycles. The lowest BCUT2D eigenvalue weighted by Gasteiger charge is -1.99. The summed E-state index contributed by atoms with van der Waals surface area (Å²) in [4.78, 5) is 11.0. The summed E-state index contributed by atoms with van der Waals surface area (Å²) in [5.74, 6) is 0.306. The number of aryl methyl sites for hydroxylation is 1. The summed E-state index contributed by atoms with van der Waals surface area (Å²) < 4.78 is 0. The summed E-state index contributed by atoms with van der Waals surface area (Å²) in [6.45, 7) is 1.89. The second-order valence-corrected chi connectivity index (χ2v) is 3.46. The fourth-order valence-electron chi connectivity index (χ4n) is 1.15. The number of rotatable bonds is 4. The zero-order chi connectivity index (χ0) is 9.68. The van der Waals surface area contributed by atoms with Crippen LogP contribution in [0.1, 0.15) is 25.3 Å². The van der Waals surface area contributed by atoms with Crippen LogP contribution in [0.2, 0.25) is 5.02 Å². The molecule has 1 rings (SSSR count). The van der Waals surface area contributed by atoms with Crippen LogP contribution in [0.5, 0.6) is 0 Å². The Morgan fingerprint density at radius 2 is 2.23 bits per heavy atom. The third-order valence-electron chi connectivity index (χ3n) is 1.98. The summed E-state index contributed by atoms with van der Waals surface area (Å²) >= 11 is 5.81. The first-order chi connectivity index (χ1) is 6.22. The van der Waals surface area contributed by atoms with Crippen molar-refractivity contribution in [1.29, 1.82) is 0 Å². The standard InChI is InChI=1S/C11H13ClO/c1-2-11(13)7-6-9-4-3-5-10(12)8-9/h3-5,8H,2,6-7H2,1H3. The van der Waals surface area contributed by atoms with E-state index in [2.05, 4.69) is 0 Å². The van der Waals surface area contributed by atoms with Gasteiger partial charge >= 0.3 is 0 Å². The quantitative estimate of drug-likeness (QED) is 0.723. The fourth-order valence-corrected chi connectivity index (χ4v) is 1.37. The molecule has 0 aliphatic rings. The largest absolute Gasteiger partial charge is 0.300 e. The molecule has 0 heterocycles. The number of hydrogen-bond acceptors (Lipinski definition) is 1. The van der Waals surface area contributed by atoms with E-state index in [1.807, 2.05) is 31.2 Å².